The molecule has 1 fully saturated rings. The first-order chi connectivity index (χ1) is 14.8. The Hall–Kier alpha value is -2.35. The van der Waals surface area contributed by atoms with Gasteiger partial charge in [0.05, 0.1) is 6.10 Å². The molecule has 0 radical (unpaired) electrons. The molecule has 0 spiro atoms. The van der Waals surface area contributed by atoms with Gasteiger partial charge in [0.2, 0.25) is 0 Å². The Labute approximate surface area is 186 Å². The molecule has 0 saturated carbocycles. The molecule has 2 rings (SSSR count). The maximum atomic E-state index is 11.6. The van der Waals surface area contributed by atoms with Gasteiger partial charge in [-0.25, -0.2) is 4.79 Å². The van der Waals surface area contributed by atoms with Gasteiger partial charge in [0.1, 0.15) is 5.60 Å². The van der Waals surface area contributed by atoms with Crippen LogP contribution in [-0.4, -0.2) is 73.5 Å². The lowest BCUT2D eigenvalue weighted by Gasteiger charge is -2.34. The van der Waals surface area contributed by atoms with E-state index in [2.05, 4.69) is 38.5 Å². The number of guanidine groups is 1. The van der Waals surface area contributed by atoms with Gasteiger partial charge in [-0.1, -0.05) is 0 Å². The molecule has 1 aliphatic heterocycles. The van der Waals surface area contributed by atoms with E-state index in [1.54, 1.807) is 0 Å². The van der Waals surface area contributed by atoms with Gasteiger partial charge in [0.15, 0.2) is 5.96 Å². The number of aliphatic imine (C=N–C) groups is 1. The number of carbonyl (C=O) groups excluding carboxylic acids is 1. The summed E-state index contributed by atoms with van der Waals surface area (Å²) in [5, 5.41) is 6.24. The first-order valence-electron chi connectivity index (χ1n) is 11.2. The standard InChI is InChI=1S/C23H39N5O3/c1-18-17-25-12-7-19(18)8-13-26-21(24-5)28-14-9-20(10-15-28)30-16-6-11-27-22(29)31-23(2,3)4/h7,12,17,20H,6,8-11,13-16H2,1-5H3,(H,24,26)(H,27,29). The maximum Gasteiger partial charge on any atom is 0.407 e. The molecule has 1 aromatic heterocycles. The van der Waals surface area contributed by atoms with E-state index in [-0.39, 0.29) is 12.2 Å². The average molecular weight is 434 g/mol. The van der Waals surface area contributed by atoms with E-state index in [4.69, 9.17) is 9.47 Å². The third kappa shape index (κ3) is 9.55. The molecule has 2 heterocycles. The quantitative estimate of drug-likeness (QED) is 0.372. The van der Waals surface area contributed by atoms with Crippen molar-refractivity contribution in [2.45, 2.75) is 65.1 Å². The van der Waals surface area contributed by atoms with Crippen LogP contribution in [0.3, 0.4) is 0 Å². The molecule has 8 heteroatoms. The summed E-state index contributed by atoms with van der Waals surface area (Å²) in [4.78, 5) is 22.5. The molecule has 2 N–H and O–H groups in total. The number of carbonyl (C=O) groups is 1. The van der Waals surface area contributed by atoms with Crippen molar-refractivity contribution in [3.63, 3.8) is 0 Å². The molecule has 1 aromatic rings. The van der Waals surface area contributed by atoms with Crippen LogP contribution in [0.25, 0.3) is 0 Å². The zero-order chi connectivity index (χ0) is 22.7. The van der Waals surface area contributed by atoms with Gasteiger partial charge in [0, 0.05) is 52.2 Å². The highest BCUT2D eigenvalue weighted by Crippen LogP contribution is 2.14. The number of nitrogens with zero attached hydrogens (tertiary/aromatic N) is 3. The highest BCUT2D eigenvalue weighted by molar-refractivity contribution is 5.80. The van der Waals surface area contributed by atoms with Crippen LogP contribution in [0.5, 0.6) is 0 Å². The summed E-state index contributed by atoms with van der Waals surface area (Å²) in [6.45, 7) is 11.5. The number of hydrogen-bond acceptors (Lipinski definition) is 5. The SMILES string of the molecule is CN=C(NCCc1ccncc1C)N1CCC(OCCCNC(=O)OC(C)(C)C)CC1. The van der Waals surface area contributed by atoms with Crippen LogP contribution in [0.1, 0.15) is 51.2 Å². The molecule has 174 valence electrons. The minimum absolute atomic E-state index is 0.260. The second-order valence-corrected chi connectivity index (χ2v) is 8.87. The molecule has 0 bridgehead atoms. The van der Waals surface area contributed by atoms with Crippen molar-refractivity contribution in [3.8, 4) is 0 Å². The topological polar surface area (TPSA) is 88.1 Å². The van der Waals surface area contributed by atoms with Crippen molar-refractivity contribution in [2.24, 2.45) is 4.99 Å². The highest BCUT2D eigenvalue weighted by Gasteiger charge is 2.22. The molecule has 1 aliphatic rings. The van der Waals surface area contributed by atoms with E-state index in [1.807, 2.05) is 40.2 Å². The Balaban J connectivity index is 1.59. The summed E-state index contributed by atoms with van der Waals surface area (Å²) >= 11 is 0. The van der Waals surface area contributed by atoms with Crippen LogP contribution in [-0.2, 0) is 15.9 Å². The average Bonchev–Trinajstić information content (AvgIpc) is 2.71. The minimum atomic E-state index is -0.470. The van der Waals surface area contributed by atoms with Gasteiger partial charge in [-0.15, -0.1) is 0 Å². The normalized spacial score (nSPS) is 15.6. The highest BCUT2D eigenvalue weighted by atomic mass is 16.6. The van der Waals surface area contributed by atoms with Crippen LogP contribution < -0.4 is 10.6 Å². The van der Waals surface area contributed by atoms with E-state index >= 15 is 0 Å². The Morgan fingerprint density at radius 1 is 1.26 bits per heavy atom. The molecule has 1 amide bonds. The minimum Gasteiger partial charge on any atom is -0.444 e. The number of pyridine rings is 1. The number of likely N-dealkylation sites (tertiary alicyclic amines) is 1. The molecular formula is C23H39N5O3. The van der Waals surface area contributed by atoms with Gasteiger partial charge in [-0.05, 0) is 70.6 Å². The lowest BCUT2D eigenvalue weighted by molar-refractivity contribution is 0.0170. The number of amides is 1. The van der Waals surface area contributed by atoms with E-state index in [1.165, 1.54) is 11.1 Å². The number of hydrogen-bond donors (Lipinski definition) is 2. The Morgan fingerprint density at radius 2 is 2.00 bits per heavy atom. The van der Waals surface area contributed by atoms with E-state index < -0.39 is 5.60 Å². The molecule has 1 saturated heterocycles. The number of aryl methyl sites for hydroxylation is 1. The smallest absolute Gasteiger partial charge is 0.407 e. The van der Waals surface area contributed by atoms with E-state index in [0.717, 1.165) is 51.3 Å². The van der Waals surface area contributed by atoms with Gasteiger partial charge >= 0.3 is 6.09 Å². The Bertz CT molecular complexity index is 709. The number of piperidine rings is 1. The summed E-state index contributed by atoms with van der Waals surface area (Å²) in [6, 6.07) is 2.08. The van der Waals surface area contributed by atoms with Gasteiger partial charge in [-0.2, -0.15) is 0 Å². The Morgan fingerprint density at radius 3 is 2.65 bits per heavy atom. The van der Waals surface area contributed by atoms with Gasteiger partial charge < -0.3 is 25.0 Å². The summed E-state index contributed by atoms with van der Waals surface area (Å²) in [7, 11) is 1.83. The predicted molar refractivity (Wildman–Crippen MR) is 123 cm³/mol. The van der Waals surface area contributed by atoms with E-state index in [9.17, 15) is 4.79 Å². The fraction of sp³-hybridized carbons (Fsp3) is 0.696. The molecule has 0 atom stereocenters. The third-order valence-electron chi connectivity index (χ3n) is 5.11. The lowest BCUT2D eigenvalue weighted by atomic mass is 10.1. The molecular weight excluding hydrogens is 394 g/mol. The molecule has 31 heavy (non-hydrogen) atoms. The number of aromatic nitrogens is 1. The van der Waals surface area contributed by atoms with Crippen molar-refractivity contribution in [1.82, 2.24) is 20.5 Å². The number of ether oxygens (including phenoxy) is 2. The zero-order valence-corrected chi connectivity index (χ0v) is 19.7. The number of nitrogens with one attached hydrogen (secondary N) is 2. The number of rotatable bonds is 8. The summed E-state index contributed by atoms with van der Waals surface area (Å²) in [5.74, 6) is 0.951. The van der Waals surface area contributed by atoms with Crippen LogP contribution in [0, 0.1) is 6.92 Å². The monoisotopic (exact) mass is 433 g/mol. The Kier molecular flexibility index (Phi) is 10.0. The second-order valence-electron chi connectivity index (χ2n) is 8.87. The van der Waals surface area contributed by atoms with Crippen LogP contribution in [0.2, 0.25) is 0 Å². The summed E-state index contributed by atoms with van der Waals surface area (Å²) < 4.78 is 11.2. The molecule has 0 aliphatic carbocycles. The third-order valence-corrected chi connectivity index (χ3v) is 5.11. The second kappa shape index (κ2) is 12.5. The van der Waals surface area contributed by atoms with E-state index in [0.29, 0.717) is 13.2 Å². The van der Waals surface area contributed by atoms with Crippen molar-refractivity contribution < 1.29 is 14.3 Å². The van der Waals surface area contributed by atoms with Crippen LogP contribution >= 0.6 is 0 Å². The van der Waals surface area contributed by atoms with Crippen LogP contribution in [0.15, 0.2) is 23.5 Å². The molecule has 8 nitrogen and oxygen atoms in total. The maximum absolute atomic E-state index is 11.6. The van der Waals surface area contributed by atoms with Crippen molar-refractivity contribution in [2.75, 3.05) is 39.8 Å². The van der Waals surface area contributed by atoms with Crippen molar-refractivity contribution in [3.05, 3.63) is 29.6 Å². The van der Waals surface area contributed by atoms with Crippen molar-refractivity contribution >= 4 is 12.1 Å². The predicted octanol–water partition coefficient (Wildman–Crippen LogP) is 2.90. The summed E-state index contributed by atoms with van der Waals surface area (Å²) in [5.41, 5.74) is 2.06. The largest absolute Gasteiger partial charge is 0.444 e. The fourth-order valence-electron chi connectivity index (χ4n) is 3.49. The number of alkyl carbamates (subject to hydrolysis) is 1. The molecule has 0 unspecified atom stereocenters. The molecule has 0 aromatic carbocycles. The first-order valence-corrected chi connectivity index (χ1v) is 11.2. The van der Waals surface area contributed by atoms with Crippen LogP contribution in [0.4, 0.5) is 4.79 Å². The zero-order valence-electron chi connectivity index (χ0n) is 19.7. The lowest BCUT2D eigenvalue weighted by Crippen LogP contribution is -2.47. The summed E-state index contributed by atoms with van der Waals surface area (Å²) in [6.07, 6.45) is 7.31. The van der Waals surface area contributed by atoms with Crippen molar-refractivity contribution in [1.29, 1.82) is 0 Å². The van der Waals surface area contributed by atoms with Gasteiger partial charge in [-0.3, -0.25) is 9.98 Å². The first kappa shape index (κ1) is 24.9. The fourth-order valence-corrected chi connectivity index (χ4v) is 3.49. The van der Waals surface area contributed by atoms with Gasteiger partial charge in [0.25, 0.3) is 0 Å².